The van der Waals surface area contributed by atoms with Gasteiger partial charge in [-0.25, -0.2) is 0 Å². The van der Waals surface area contributed by atoms with Crippen LogP contribution in [0.15, 0.2) is 24.3 Å². The average Bonchev–Trinajstić information content (AvgIpc) is 2.21. The van der Waals surface area contributed by atoms with E-state index in [4.69, 9.17) is 14.6 Å². The van der Waals surface area contributed by atoms with Crippen LogP contribution in [0.4, 0.5) is 0 Å². The largest absolute Gasteiger partial charge is 0.337 e. The van der Waals surface area contributed by atoms with Gasteiger partial charge in [0.1, 0.15) is 6.79 Å². The number of benzene rings is 1. The van der Waals surface area contributed by atoms with Crippen LogP contribution in [0.1, 0.15) is 5.56 Å². The summed E-state index contributed by atoms with van der Waals surface area (Å²) in [5, 5.41) is 0. The van der Waals surface area contributed by atoms with E-state index in [1.807, 2.05) is 25.0 Å². The molecule has 64 valence electrons. The highest BCUT2D eigenvalue weighted by Crippen LogP contribution is 2.21. The molecule has 0 unspecified atom stereocenters. The predicted molar refractivity (Wildman–Crippen MR) is 43.8 cm³/mol. The van der Waals surface area contributed by atoms with Crippen LogP contribution in [0.25, 0.3) is 0 Å². The molecule has 3 nitrogen and oxygen atoms in total. The summed E-state index contributed by atoms with van der Waals surface area (Å²) >= 11 is 0. The number of para-hydroxylation sites is 1. The molecule has 1 aromatic rings. The number of fused-ring (bicyclic) bond motifs is 1. The summed E-state index contributed by atoms with van der Waals surface area (Å²) in [5.41, 5.74) is 1.23. The van der Waals surface area contributed by atoms with E-state index >= 15 is 0 Å². The lowest BCUT2D eigenvalue weighted by Gasteiger charge is -2.14. The number of hydrogen-bond donors (Lipinski definition) is 0. The Labute approximate surface area is 70.8 Å². The lowest BCUT2D eigenvalue weighted by Crippen LogP contribution is -2.10. The minimum absolute atomic E-state index is 0.664. The molecule has 0 saturated heterocycles. The van der Waals surface area contributed by atoms with Crippen molar-refractivity contribution in [2.45, 2.75) is 6.42 Å². The molecule has 0 amide bonds. The van der Waals surface area contributed by atoms with Gasteiger partial charge in [0.05, 0.1) is 6.61 Å². The van der Waals surface area contributed by atoms with Crippen molar-refractivity contribution in [1.82, 2.24) is 0 Å². The van der Waals surface area contributed by atoms with E-state index in [2.05, 4.69) is 6.07 Å². The summed E-state index contributed by atoms with van der Waals surface area (Å²) in [4.78, 5) is 17.7. The van der Waals surface area contributed by atoms with E-state index in [1.165, 1.54) is 5.56 Å². The zero-order chi connectivity index (χ0) is 8.81. The number of hydrogen-bond acceptors (Lipinski definition) is 3. The molecular formula is C9H10O3. The summed E-state index contributed by atoms with van der Waals surface area (Å²) in [6.45, 7) is 2.66. The van der Waals surface area contributed by atoms with Gasteiger partial charge in [-0.05, 0) is 6.07 Å². The second-order valence-corrected chi connectivity index (χ2v) is 2.26. The summed E-state index contributed by atoms with van der Waals surface area (Å²) in [5.74, 6) is 0.855. The van der Waals surface area contributed by atoms with Crippen molar-refractivity contribution in [1.29, 1.82) is 0 Å². The number of carbonyl (C=O) groups is 1. The molecule has 0 atom stereocenters. The van der Waals surface area contributed by atoms with Gasteiger partial charge in [-0.15, -0.1) is 0 Å². The SMILES string of the molecule is C=O.c1ccc2c(c1)CCOO2. The van der Waals surface area contributed by atoms with Gasteiger partial charge in [0, 0.05) is 12.0 Å². The standard InChI is InChI=1S/C8H8O2.CH2O/c1-2-4-8-7(3-1)5-6-9-10-8;1-2/h1-4H,5-6H2;1H2. The average molecular weight is 166 g/mol. The van der Waals surface area contributed by atoms with E-state index in [-0.39, 0.29) is 0 Å². The number of rotatable bonds is 0. The van der Waals surface area contributed by atoms with Gasteiger partial charge in [0.25, 0.3) is 0 Å². The first-order valence-electron chi connectivity index (χ1n) is 3.63. The van der Waals surface area contributed by atoms with Gasteiger partial charge in [-0.1, -0.05) is 18.2 Å². The summed E-state index contributed by atoms with van der Waals surface area (Å²) in [6, 6.07) is 7.91. The summed E-state index contributed by atoms with van der Waals surface area (Å²) in [6.07, 6.45) is 0.955. The Bertz CT molecular complexity index is 222. The minimum atomic E-state index is 0.664. The molecule has 0 radical (unpaired) electrons. The smallest absolute Gasteiger partial charge is 0.168 e. The Hall–Kier alpha value is -1.35. The lowest BCUT2D eigenvalue weighted by molar-refractivity contribution is -0.215. The monoisotopic (exact) mass is 166 g/mol. The van der Waals surface area contributed by atoms with Gasteiger partial charge in [0.2, 0.25) is 0 Å². The fourth-order valence-corrected chi connectivity index (χ4v) is 1.05. The fraction of sp³-hybridized carbons (Fsp3) is 0.222. The van der Waals surface area contributed by atoms with Crippen LogP contribution in [0.3, 0.4) is 0 Å². The van der Waals surface area contributed by atoms with Gasteiger partial charge < -0.3 is 9.68 Å². The fourth-order valence-electron chi connectivity index (χ4n) is 1.05. The second-order valence-electron chi connectivity index (χ2n) is 2.26. The third kappa shape index (κ3) is 1.83. The third-order valence-electron chi connectivity index (χ3n) is 1.58. The van der Waals surface area contributed by atoms with Crippen LogP contribution >= 0.6 is 0 Å². The van der Waals surface area contributed by atoms with Crippen molar-refractivity contribution in [2.24, 2.45) is 0 Å². The topological polar surface area (TPSA) is 35.5 Å². The summed E-state index contributed by atoms with van der Waals surface area (Å²) < 4.78 is 0. The van der Waals surface area contributed by atoms with Gasteiger partial charge >= 0.3 is 0 Å². The summed E-state index contributed by atoms with van der Waals surface area (Å²) in [7, 11) is 0. The van der Waals surface area contributed by atoms with E-state index in [1.54, 1.807) is 0 Å². The maximum Gasteiger partial charge on any atom is 0.168 e. The molecule has 0 spiro atoms. The van der Waals surface area contributed by atoms with Crippen LogP contribution in [-0.2, 0) is 16.1 Å². The molecular weight excluding hydrogens is 156 g/mol. The molecule has 1 aliphatic rings. The van der Waals surface area contributed by atoms with Gasteiger partial charge in [0.15, 0.2) is 5.75 Å². The molecule has 0 bridgehead atoms. The normalized spacial score (nSPS) is 13.3. The maximum absolute atomic E-state index is 8.00. The Morgan fingerprint density at radius 2 is 2.00 bits per heavy atom. The zero-order valence-electron chi connectivity index (χ0n) is 6.66. The second kappa shape index (κ2) is 4.51. The highest BCUT2D eigenvalue weighted by molar-refractivity contribution is 5.33. The molecule has 0 aromatic heterocycles. The maximum atomic E-state index is 8.00. The van der Waals surface area contributed by atoms with E-state index in [0.717, 1.165) is 12.2 Å². The van der Waals surface area contributed by atoms with Gasteiger partial charge in [-0.3, -0.25) is 0 Å². The van der Waals surface area contributed by atoms with Crippen LogP contribution in [0.2, 0.25) is 0 Å². The van der Waals surface area contributed by atoms with E-state index < -0.39 is 0 Å². The van der Waals surface area contributed by atoms with Crippen LogP contribution in [0, 0.1) is 0 Å². The van der Waals surface area contributed by atoms with E-state index in [0.29, 0.717) is 6.61 Å². The van der Waals surface area contributed by atoms with Crippen molar-refractivity contribution in [2.75, 3.05) is 6.61 Å². The van der Waals surface area contributed by atoms with Crippen LogP contribution in [-0.4, -0.2) is 13.4 Å². The van der Waals surface area contributed by atoms with Crippen molar-refractivity contribution in [3.05, 3.63) is 29.8 Å². The Balaban J connectivity index is 0.000000336. The van der Waals surface area contributed by atoms with Crippen molar-refractivity contribution >= 4 is 6.79 Å². The Kier molecular flexibility index (Phi) is 3.29. The highest BCUT2D eigenvalue weighted by Gasteiger charge is 2.08. The first-order chi connectivity index (χ1) is 5.97. The predicted octanol–water partition coefficient (Wildman–Crippen LogP) is 1.37. The molecule has 0 N–H and O–H groups in total. The van der Waals surface area contributed by atoms with E-state index in [9.17, 15) is 0 Å². The lowest BCUT2D eigenvalue weighted by atomic mass is 10.1. The highest BCUT2D eigenvalue weighted by atomic mass is 17.2. The molecule has 0 fully saturated rings. The molecule has 1 heterocycles. The minimum Gasteiger partial charge on any atom is -0.337 e. The third-order valence-corrected chi connectivity index (χ3v) is 1.58. The van der Waals surface area contributed by atoms with Crippen LogP contribution in [0.5, 0.6) is 5.75 Å². The quantitative estimate of drug-likeness (QED) is 0.546. The molecule has 0 aliphatic carbocycles. The zero-order valence-corrected chi connectivity index (χ0v) is 6.66. The molecule has 1 aliphatic heterocycles. The van der Waals surface area contributed by atoms with Crippen molar-refractivity contribution in [3.63, 3.8) is 0 Å². The molecule has 0 saturated carbocycles. The van der Waals surface area contributed by atoms with Gasteiger partial charge in [-0.2, -0.15) is 4.89 Å². The van der Waals surface area contributed by atoms with Crippen molar-refractivity contribution < 1.29 is 14.6 Å². The first-order valence-corrected chi connectivity index (χ1v) is 3.63. The molecule has 1 aromatic carbocycles. The Morgan fingerprint density at radius 3 is 2.75 bits per heavy atom. The Morgan fingerprint density at radius 1 is 1.25 bits per heavy atom. The van der Waals surface area contributed by atoms with Crippen molar-refractivity contribution in [3.8, 4) is 5.75 Å². The number of carbonyl (C=O) groups excluding carboxylic acids is 1. The molecule has 3 heteroatoms. The molecule has 2 rings (SSSR count). The molecule has 12 heavy (non-hydrogen) atoms. The first kappa shape index (κ1) is 8.74. The van der Waals surface area contributed by atoms with Crippen LogP contribution < -0.4 is 4.89 Å².